The number of nitrogens with one attached hydrogen (secondary N) is 4. The van der Waals surface area contributed by atoms with Crippen LogP contribution in [0.4, 0.5) is 79.1 Å². The molecule has 27 heteroatoms. The van der Waals surface area contributed by atoms with Crippen molar-refractivity contribution in [2.45, 2.75) is 19.1 Å². The standard InChI is InChI=1S/C24H15ClF6N6O2.C23H15ClF4N6O/c25-16-5-7-17(8-6-16)33-21-34-20(15-3-11-19(12-4-15)39-24(29,30)31)35-22(36-21)37-32-13-14-1-9-18(10-2-14)38-23(26,27)28;24-16-6-8-18(9-7-16)30-21-31-20(15-2-1-3-17(25)12-15)32-22(33-21)34-29-13-14-4-10-19(11-5-14)35-23(26,27)28/h1-13H,(H2,33,34,35,36,37);1-13H,(H2,30,31,32,33,34). The maximum Gasteiger partial charge on any atom is 0.573 e. The zero-order chi connectivity index (χ0) is 52.9. The molecule has 0 aliphatic carbocycles. The molecule has 4 N–H and O–H groups in total. The average molecular weight is 1070 g/mol. The van der Waals surface area contributed by atoms with E-state index in [0.29, 0.717) is 43.7 Å². The number of benzene rings is 6. The molecule has 0 aliphatic heterocycles. The summed E-state index contributed by atoms with van der Waals surface area (Å²) in [5.41, 5.74) is 8.17. The first-order valence-corrected chi connectivity index (χ1v) is 21.4. The van der Waals surface area contributed by atoms with Gasteiger partial charge in [-0.1, -0.05) is 35.3 Å². The molecule has 0 aliphatic rings. The van der Waals surface area contributed by atoms with Crippen molar-refractivity contribution < 1.29 is 58.1 Å². The van der Waals surface area contributed by atoms with Crippen molar-refractivity contribution in [3.63, 3.8) is 0 Å². The number of hydrazone groups is 2. The topological polar surface area (TPSA) is 178 Å². The van der Waals surface area contributed by atoms with Crippen LogP contribution in [0.25, 0.3) is 22.8 Å². The van der Waals surface area contributed by atoms with Gasteiger partial charge in [-0.15, -0.1) is 39.5 Å². The first kappa shape index (κ1) is 53.0. The van der Waals surface area contributed by atoms with Crippen molar-refractivity contribution in [2.75, 3.05) is 21.5 Å². The highest BCUT2D eigenvalue weighted by atomic mass is 35.5. The minimum Gasteiger partial charge on any atom is -0.406 e. The van der Waals surface area contributed by atoms with Gasteiger partial charge in [-0.2, -0.15) is 40.1 Å². The van der Waals surface area contributed by atoms with Gasteiger partial charge in [0.15, 0.2) is 11.6 Å². The Balaban J connectivity index is 0.000000217. The molecule has 2 heterocycles. The van der Waals surface area contributed by atoms with Crippen LogP contribution in [-0.2, 0) is 0 Å². The van der Waals surface area contributed by atoms with E-state index in [1.165, 1.54) is 67.0 Å². The quantitative estimate of drug-likeness (QED) is 0.0433. The van der Waals surface area contributed by atoms with Crippen molar-refractivity contribution >= 4 is 70.8 Å². The molecule has 0 saturated heterocycles. The zero-order valence-electron chi connectivity index (χ0n) is 36.8. The van der Waals surface area contributed by atoms with Gasteiger partial charge in [0.1, 0.15) is 23.1 Å². The highest BCUT2D eigenvalue weighted by Crippen LogP contribution is 2.29. The third kappa shape index (κ3) is 17.5. The Morgan fingerprint density at radius 2 is 0.784 bits per heavy atom. The molecular weight excluding hydrogens is 1040 g/mol. The van der Waals surface area contributed by atoms with Crippen LogP contribution >= 0.6 is 23.2 Å². The molecule has 0 fully saturated rings. The van der Waals surface area contributed by atoms with Crippen LogP contribution in [-0.4, -0.2) is 61.4 Å². The van der Waals surface area contributed by atoms with Crippen molar-refractivity contribution in [1.29, 1.82) is 0 Å². The Morgan fingerprint density at radius 1 is 0.419 bits per heavy atom. The normalized spacial score (nSPS) is 11.7. The Kier molecular flexibility index (Phi) is 16.9. The first-order chi connectivity index (χ1) is 35.1. The van der Waals surface area contributed by atoms with Crippen molar-refractivity contribution in [1.82, 2.24) is 29.9 Å². The van der Waals surface area contributed by atoms with Crippen molar-refractivity contribution in [3.8, 4) is 40.0 Å². The molecule has 0 spiro atoms. The number of hydrogen-bond donors (Lipinski definition) is 4. The monoisotopic (exact) mass is 1070 g/mol. The molecule has 2 aromatic heterocycles. The van der Waals surface area contributed by atoms with Crippen LogP contribution in [0.3, 0.4) is 0 Å². The van der Waals surface area contributed by atoms with E-state index in [1.807, 2.05) is 0 Å². The SMILES string of the molecule is FC(F)(F)Oc1ccc(C=NNc2nc(Nc3ccc(Cl)cc3)nc(-c3ccc(OC(F)(F)F)cc3)n2)cc1.Fc1cccc(-c2nc(NN=Cc3ccc(OC(F)(F)F)cc3)nc(Nc3ccc(Cl)cc3)n2)c1. The number of halogens is 12. The Hall–Kier alpha value is -8.84. The molecular formula is C47H30Cl2F10N12O3. The lowest BCUT2D eigenvalue weighted by molar-refractivity contribution is -0.275. The molecule has 380 valence electrons. The van der Waals surface area contributed by atoms with Crippen LogP contribution < -0.4 is 35.7 Å². The van der Waals surface area contributed by atoms with Crippen LogP contribution in [0, 0.1) is 5.82 Å². The minimum atomic E-state index is -4.84. The number of anilines is 6. The van der Waals surface area contributed by atoms with Crippen molar-refractivity contribution in [2.24, 2.45) is 10.2 Å². The molecule has 8 aromatic rings. The summed E-state index contributed by atoms with van der Waals surface area (Å²) >= 11 is 11.8. The molecule has 0 radical (unpaired) electrons. The lowest BCUT2D eigenvalue weighted by Crippen LogP contribution is -2.17. The molecule has 0 amide bonds. The minimum absolute atomic E-state index is 0.0413. The molecule has 15 nitrogen and oxygen atoms in total. The fraction of sp³-hybridized carbons (Fsp3) is 0.0638. The summed E-state index contributed by atoms with van der Waals surface area (Å²) in [6, 6.07) is 34.1. The van der Waals surface area contributed by atoms with Gasteiger partial charge in [0.25, 0.3) is 0 Å². The van der Waals surface area contributed by atoms with Gasteiger partial charge in [0, 0.05) is 32.5 Å². The molecule has 74 heavy (non-hydrogen) atoms. The van der Waals surface area contributed by atoms with Gasteiger partial charge < -0.3 is 24.8 Å². The predicted octanol–water partition coefficient (Wildman–Crippen LogP) is 13.6. The van der Waals surface area contributed by atoms with Gasteiger partial charge in [0.2, 0.25) is 23.8 Å². The Labute approximate surface area is 421 Å². The third-order valence-corrected chi connectivity index (χ3v) is 9.39. The van der Waals surface area contributed by atoms with Gasteiger partial charge in [0.05, 0.1) is 12.4 Å². The highest BCUT2D eigenvalue weighted by molar-refractivity contribution is 6.30. The van der Waals surface area contributed by atoms with Gasteiger partial charge in [-0.3, -0.25) is 0 Å². The number of aromatic nitrogens is 6. The maximum absolute atomic E-state index is 13.7. The second-order valence-corrected chi connectivity index (χ2v) is 15.3. The lowest BCUT2D eigenvalue weighted by atomic mass is 10.2. The highest BCUT2D eigenvalue weighted by Gasteiger charge is 2.32. The largest absolute Gasteiger partial charge is 0.573 e. The third-order valence-electron chi connectivity index (χ3n) is 8.88. The zero-order valence-corrected chi connectivity index (χ0v) is 38.4. The second-order valence-electron chi connectivity index (χ2n) is 14.4. The summed E-state index contributed by atoms with van der Waals surface area (Å²) < 4.78 is 137. The van der Waals surface area contributed by atoms with E-state index in [1.54, 1.807) is 54.6 Å². The maximum atomic E-state index is 13.7. The lowest BCUT2D eigenvalue weighted by Gasteiger charge is -2.11. The molecule has 0 atom stereocenters. The average Bonchev–Trinajstić information content (AvgIpc) is 3.33. The number of hydrogen-bond acceptors (Lipinski definition) is 15. The van der Waals surface area contributed by atoms with E-state index >= 15 is 0 Å². The molecule has 6 aromatic carbocycles. The van der Waals surface area contributed by atoms with E-state index in [-0.39, 0.29) is 46.9 Å². The summed E-state index contributed by atoms with van der Waals surface area (Å²) in [5, 5.41) is 15.0. The van der Waals surface area contributed by atoms with E-state index in [0.717, 1.165) is 36.4 Å². The van der Waals surface area contributed by atoms with E-state index < -0.39 is 30.7 Å². The summed E-state index contributed by atoms with van der Waals surface area (Å²) in [7, 11) is 0. The van der Waals surface area contributed by atoms with E-state index in [2.05, 4.69) is 75.8 Å². The van der Waals surface area contributed by atoms with Gasteiger partial charge >= 0.3 is 19.1 Å². The van der Waals surface area contributed by atoms with Crippen LogP contribution in [0.5, 0.6) is 17.2 Å². The summed E-state index contributed by atoms with van der Waals surface area (Å²) in [4.78, 5) is 25.6. The second kappa shape index (κ2) is 23.6. The van der Waals surface area contributed by atoms with Crippen LogP contribution in [0.2, 0.25) is 10.0 Å². The number of nitrogens with zero attached hydrogens (tertiary/aromatic N) is 8. The molecule has 0 bridgehead atoms. The van der Waals surface area contributed by atoms with E-state index in [9.17, 15) is 43.9 Å². The fourth-order valence-electron chi connectivity index (χ4n) is 5.82. The van der Waals surface area contributed by atoms with Crippen LogP contribution in [0.15, 0.2) is 156 Å². The summed E-state index contributed by atoms with van der Waals surface area (Å²) in [6.45, 7) is 0. The smallest absolute Gasteiger partial charge is 0.406 e. The fourth-order valence-corrected chi connectivity index (χ4v) is 6.07. The predicted molar refractivity (Wildman–Crippen MR) is 255 cm³/mol. The molecule has 0 saturated carbocycles. The summed E-state index contributed by atoms with van der Waals surface area (Å²) in [6.07, 6.45) is -11.8. The first-order valence-electron chi connectivity index (χ1n) is 20.6. The Bertz CT molecular complexity index is 3190. The number of rotatable bonds is 15. The number of ether oxygens (including phenoxy) is 3. The van der Waals surface area contributed by atoms with Crippen LogP contribution in [0.1, 0.15) is 11.1 Å². The van der Waals surface area contributed by atoms with Crippen molar-refractivity contribution in [3.05, 3.63) is 173 Å². The van der Waals surface area contributed by atoms with E-state index in [4.69, 9.17) is 23.2 Å². The Morgan fingerprint density at radius 3 is 1.16 bits per heavy atom. The summed E-state index contributed by atoms with van der Waals surface area (Å²) in [5.74, 6) is -1.11. The molecule has 0 unspecified atom stereocenters. The number of alkyl halides is 9. The van der Waals surface area contributed by atoms with Gasteiger partial charge in [-0.05, 0) is 145 Å². The van der Waals surface area contributed by atoms with Gasteiger partial charge in [-0.25, -0.2) is 15.2 Å². The molecule has 8 rings (SSSR count).